The van der Waals surface area contributed by atoms with Crippen LogP contribution in [-0.2, 0) is 38.9 Å². The maximum absolute atomic E-state index is 14.2. The first-order valence-electron chi connectivity index (χ1n) is 19.9. The molecule has 1 fully saturated rings. The minimum atomic E-state index is -3.97. The first kappa shape index (κ1) is 43.8. The summed E-state index contributed by atoms with van der Waals surface area (Å²) in [5.74, 6) is 0.0439. The van der Waals surface area contributed by atoms with E-state index >= 15 is 0 Å². The Labute approximate surface area is 351 Å². The van der Waals surface area contributed by atoms with Crippen molar-refractivity contribution in [2.45, 2.75) is 109 Å². The van der Waals surface area contributed by atoms with Crippen molar-refractivity contribution in [3.63, 3.8) is 0 Å². The topological polar surface area (TPSA) is 149 Å². The predicted octanol–water partition coefficient (Wildman–Crippen LogP) is 8.85. The lowest BCUT2D eigenvalue weighted by atomic mass is 9.92. The Hall–Kier alpha value is -4.76. The molecule has 2 aliphatic rings. The fraction of sp³-hybridized carbons (Fsp3) is 0.444. The van der Waals surface area contributed by atoms with Gasteiger partial charge in [-0.1, -0.05) is 50.2 Å². The molecule has 0 spiro atoms. The molecule has 0 radical (unpaired) electrons. The number of hydrogen-bond acceptors (Lipinski definition) is 10. The Morgan fingerprint density at radius 3 is 2.27 bits per heavy atom. The van der Waals surface area contributed by atoms with E-state index in [1.807, 2.05) is 62.4 Å². The number of carboxylic acid groups (broad SMARTS) is 1. The molecule has 14 heteroatoms. The first-order chi connectivity index (χ1) is 27.8. The van der Waals surface area contributed by atoms with Gasteiger partial charge in [0.2, 0.25) is 10.0 Å². The quantitative estimate of drug-likeness (QED) is 0.131. The zero-order valence-electron chi connectivity index (χ0n) is 34.9. The third-order valence-corrected chi connectivity index (χ3v) is 13.5. The molecule has 1 saturated heterocycles. The summed E-state index contributed by atoms with van der Waals surface area (Å²) in [5, 5.41) is 10.2. The van der Waals surface area contributed by atoms with Crippen LogP contribution in [-0.4, -0.2) is 84.2 Å². The van der Waals surface area contributed by atoms with Crippen LogP contribution in [0.4, 0.5) is 4.79 Å². The second-order valence-corrected chi connectivity index (χ2v) is 19.9. The third-order valence-electron chi connectivity index (χ3n) is 10.3. The SMILES string of the molecule is COc1ccc(S(=O)(=O)N(CC(C)C)C[C@H]2OC(C)(C)N(C(=O)OC(C)(C)C)[C@H]2Cc2ccc(OCc3ccccc3-c3sc4c(c3C(=O)O)CCCC4=O)cc2)cc1. The molecule has 0 unspecified atom stereocenters. The number of rotatable bonds is 14. The summed E-state index contributed by atoms with van der Waals surface area (Å²) in [6.07, 6.45) is 0.658. The monoisotopic (exact) mass is 846 g/mol. The first-order valence-corrected chi connectivity index (χ1v) is 22.1. The Bertz CT molecular complexity index is 2280. The molecule has 1 aliphatic carbocycles. The summed E-state index contributed by atoms with van der Waals surface area (Å²) in [4.78, 5) is 41.9. The van der Waals surface area contributed by atoms with E-state index in [0.717, 1.165) is 11.1 Å². The lowest BCUT2D eigenvalue weighted by Crippen LogP contribution is -2.52. The van der Waals surface area contributed by atoms with Crippen LogP contribution in [0, 0.1) is 5.92 Å². The van der Waals surface area contributed by atoms with Crippen molar-refractivity contribution < 1.29 is 46.9 Å². The van der Waals surface area contributed by atoms with Gasteiger partial charge in [0, 0.05) is 19.5 Å². The van der Waals surface area contributed by atoms with Gasteiger partial charge >= 0.3 is 12.1 Å². The van der Waals surface area contributed by atoms with Crippen molar-refractivity contribution in [3.8, 4) is 21.9 Å². The number of methoxy groups -OCH3 is 1. The van der Waals surface area contributed by atoms with E-state index in [4.69, 9.17) is 18.9 Å². The lowest BCUT2D eigenvalue weighted by Gasteiger charge is -2.35. The summed E-state index contributed by atoms with van der Waals surface area (Å²) in [6, 6.07) is 20.6. The zero-order valence-corrected chi connectivity index (χ0v) is 36.6. The van der Waals surface area contributed by atoms with Crippen LogP contribution in [0.25, 0.3) is 10.4 Å². The van der Waals surface area contributed by atoms with Gasteiger partial charge in [-0.15, -0.1) is 11.3 Å². The normalized spacial score (nSPS) is 17.9. The molecule has 1 amide bonds. The number of carboxylic acids is 1. The van der Waals surface area contributed by atoms with Gasteiger partial charge < -0.3 is 24.1 Å². The predicted molar refractivity (Wildman–Crippen MR) is 226 cm³/mol. The molecule has 6 rings (SSSR count). The number of ketones is 1. The van der Waals surface area contributed by atoms with Crippen LogP contribution in [0.5, 0.6) is 11.5 Å². The molecule has 1 aromatic heterocycles. The number of nitrogens with zero attached hydrogens (tertiary/aromatic N) is 2. The molecule has 0 saturated carbocycles. The number of fused-ring (bicyclic) bond motifs is 1. The van der Waals surface area contributed by atoms with E-state index in [0.29, 0.717) is 58.1 Å². The van der Waals surface area contributed by atoms with Crippen LogP contribution in [0.1, 0.15) is 98.0 Å². The number of sulfonamides is 1. The van der Waals surface area contributed by atoms with Crippen LogP contribution in [0.3, 0.4) is 0 Å². The maximum atomic E-state index is 14.2. The van der Waals surface area contributed by atoms with Crippen molar-refractivity contribution >= 4 is 39.2 Å². The molecular weight excluding hydrogens is 793 g/mol. The van der Waals surface area contributed by atoms with Crippen molar-refractivity contribution in [1.29, 1.82) is 0 Å². The van der Waals surface area contributed by atoms with Gasteiger partial charge in [0.15, 0.2) is 5.78 Å². The Morgan fingerprint density at radius 1 is 0.983 bits per heavy atom. The van der Waals surface area contributed by atoms with Gasteiger partial charge in [0.1, 0.15) is 29.4 Å². The molecule has 2 atom stereocenters. The molecule has 3 aromatic carbocycles. The van der Waals surface area contributed by atoms with Crippen LogP contribution < -0.4 is 9.47 Å². The Kier molecular flexibility index (Phi) is 13.0. The maximum Gasteiger partial charge on any atom is 0.412 e. The number of hydrogen-bond donors (Lipinski definition) is 1. The van der Waals surface area contributed by atoms with Crippen molar-refractivity contribution in [2.75, 3.05) is 20.2 Å². The van der Waals surface area contributed by atoms with Gasteiger partial charge in [0.05, 0.1) is 39.5 Å². The molecule has 2 heterocycles. The number of carbonyl (C=O) groups excluding carboxylic acids is 2. The van der Waals surface area contributed by atoms with Crippen LogP contribution >= 0.6 is 11.3 Å². The second-order valence-electron chi connectivity index (χ2n) is 16.9. The van der Waals surface area contributed by atoms with Gasteiger partial charge in [-0.25, -0.2) is 18.0 Å². The highest BCUT2D eigenvalue weighted by Gasteiger charge is 2.52. The smallest absolute Gasteiger partial charge is 0.412 e. The average molecular weight is 847 g/mol. The van der Waals surface area contributed by atoms with E-state index in [2.05, 4.69) is 0 Å². The molecule has 4 aromatic rings. The number of benzene rings is 3. The molecule has 12 nitrogen and oxygen atoms in total. The zero-order chi connectivity index (χ0) is 42.9. The molecule has 1 N–H and O–H groups in total. The highest BCUT2D eigenvalue weighted by atomic mass is 32.2. The van der Waals surface area contributed by atoms with E-state index in [9.17, 15) is 27.9 Å². The fourth-order valence-electron chi connectivity index (χ4n) is 7.77. The molecule has 1 aliphatic heterocycles. The lowest BCUT2D eigenvalue weighted by molar-refractivity contribution is -0.0807. The largest absolute Gasteiger partial charge is 0.497 e. The number of amides is 1. The van der Waals surface area contributed by atoms with Crippen LogP contribution in [0.15, 0.2) is 77.7 Å². The molecule has 0 bridgehead atoms. The highest BCUT2D eigenvalue weighted by Crippen LogP contribution is 2.42. The van der Waals surface area contributed by atoms with Crippen molar-refractivity contribution in [2.24, 2.45) is 5.92 Å². The highest BCUT2D eigenvalue weighted by molar-refractivity contribution is 7.89. The number of Topliss-reactive ketones (excluding diaryl/α,β-unsaturated/α-hetero) is 1. The van der Waals surface area contributed by atoms with Gasteiger partial charge in [-0.2, -0.15) is 4.31 Å². The molecular formula is C45H54N2O10S2. The van der Waals surface area contributed by atoms with E-state index in [-0.39, 0.29) is 41.9 Å². The van der Waals surface area contributed by atoms with Gasteiger partial charge in [0.25, 0.3) is 0 Å². The summed E-state index contributed by atoms with van der Waals surface area (Å²) < 4.78 is 53.7. The third kappa shape index (κ3) is 9.83. The van der Waals surface area contributed by atoms with Gasteiger partial charge in [-0.05, 0) is 118 Å². The van der Waals surface area contributed by atoms with E-state index in [1.54, 1.807) is 51.7 Å². The number of thiophene rings is 1. The van der Waals surface area contributed by atoms with Crippen molar-refractivity contribution in [3.05, 3.63) is 99.9 Å². The van der Waals surface area contributed by atoms with Crippen LogP contribution in [0.2, 0.25) is 0 Å². The number of ether oxygens (including phenoxy) is 4. The minimum Gasteiger partial charge on any atom is -0.497 e. The molecule has 316 valence electrons. The minimum absolute atomic E-state index is 0.00332. The number of carbonyl (C=O) groups is 3. The second kappa shape index (κ2) is 17.5. The van der Waals surface area contributed by atoms with E-state index in [1.165, 1.54) is 34.9 Å². The summed E-state index contributed by atoms with van der Waals surface area (Å²) in [7, 11) is -2.45. The standard InChI is InChI=1S/C45H54N2O10S2/c1-28(2)25-46(59(52,53)33-22-20-31(54-8)21-23-33)26-38-36(47(45(6,7)56-38)43(51)57-44(3,4)5)24-29-16-18-32(19-17-29)55-27-30-12-9-10-13-34(30)41-39(42(49)50)35-14-11-15-37(48)40(35)58-41/h9-10,12-13,16-23,28,36,38H,11,14-15,24-27H2,1-8H3,(H,49,50)/t36-,38+/m0/s1. The average Bonchev–Trinajstić information content (AvgIpc) is 3.68. The molecule has 59 heavy (non-hydrogen) atoms. The number of aromatic carboxylic acids is 1. The summed E-state index contributed by atoms with van der Waals surface area (Å²) >= 11 is 1.24. The van der Waals surface area contributed by atoms with Gasteiger partial charge in [-0.3, -0.25) is 9.69 Å². The van der Waals surface area contributed by atoms with E-state index < -0.39 is 45.6 Å². The fourth-order valence-corrected chi connectivity index (χ4v) is 10.8. The Morgan fingerprint density at radius 2 is 1.64 bits per heavy atom. The summed E-state index contributed by atoms with van der Waals surface area (Å²) in [6.45, 7) is 13.2. The van der Waals surface area contributed by atoms with Crippen molar-refractivity contribution in [1.82, 2.24) is 9.21 Å². The Balaban J connectivity index is 1.25. The summed E-state index contributed by atoms with van der Waals surface area (Å²) in [5.41, 5.74) is 1.25.